The van der Waals surface area contributed by atoms with Crippen LogP contribution in [0.1, 0.15) is 30.7 Å². The number of carbonyl (C=O) groups is 2. The van der Waals surface area contributed by atoms with Gasteiger partial charge in [-0.2, -0.15) is 0 Å². The van der Waals surface area contributed by atoms with Crippen molar-refractivity contribution in [1.29, 1.82) is 0 Å². The Morgan fingerprint density at radius 1 is 1.35 bits per heavy atom. The second-order valence-electron chi connectivity index (χ2n) is 6.01. The standard InChI is InChI=1S/C17H21N3O2S/c18-17(22)12-5-4-10-20(11-12)16(21)9-3-8-15-19-13-6-1-2-7-14(13)23-15/h1-2,6-7,12H,3-5,8-11H2,(H2,18,22). The summed E-state index contributed by atoms with van der Waals surface area (Å²) in [6.07, 6.45) is 3.76. The highest BCUT2D eigenvalue weighted by Crippen LogP contribution is 2.23. The Hall–Kier alpha value is -1.95. The van der Waals surface area contributed by atoms with Crippen molar-refractivity contribution < 1.29 is 9.59 Å². The summed E-state index contributed by atoms with van der Waals surface area (Å²) in [7, 11) is 0. The third-order valence-electron chi connectivity index (χ3n) is 4.30. The normalized spacial score (nSPS) is 18.3. The van der Waals surface area contributed by atoms with E-state index in [0.29, 0.717) is 13.0 Å². The summed E-state index contributed by atoms with van der Waals surface area (Å²) >= 11 is 1.69. The van der Waals surface area contributed by atoms with Gasteiger partial charge in [0.05, 0.1) is 21.1 Å². The lowest BCUT2D eigenvalue weighted by Crippen LogP contribution is -2.44. The molecule has 1 unspecified atom stereocenters. The second-order valence-corrected chi connectivity index (χ2v) is 7.13. The van der Waals surface area contributed by atoms with Crippen LogP contribution < -0.4 is 5.73 Å². The van der Waals surface area contributed by atoms with E-state index in [0.717, 1.165) is 42.8 Å². The van der Waals surface area contributed by atoms with Crippen LogP contribution in [0.2, 0.25) is 0 Å². The lowest BCUT2D eigenvalue weighted by atomic mass is 9.97. The fourth-order valence-electron chi connectivity index (χ4n) is 3.01. The number of thiazole rings is 1. The molecule has 1 atom stereocenters. The van der Waals surface area contributed by atoms with E-state index >= 15 is 0 Å². The molecule has 1 aliphatic heterocycles. The summed E-state index contributed by atoms with van der Waals surface area (Å²) in [5, 5.41) is 1.08. The molecule has 122 valence electrons. The fraction of sp³-hybridized carbons (Fsp3) is 0.471. The van der Waals surface area contributed by atoms with Crippen LogP contribution in [0.25, 0.3) is 10.2 Å². The first-order valence-electron chi connectivity index (χ1n) is 8.05. The number of aryl methyl sites for hydroxylation is 1. The Morgan fingerprint density at radius 2 is 2.17 bits per heavy atom. The van der Waals surface area contributed by atoms with Crippen LogP contribution in [-0.2, 0) is 16.0 Å². The number of primary amides is 1. The number of piperidine rings is 1. The molecule has 2 aromatic rings. The van der Waals surface area contributed by atoms with Gasteiger partial charge >= 0.3 is 0 Å². The van der Waals surface area contributed by atoms with Crippen LogP contribution in [0.3, 0.4) is 0 Å². The number of hydrogen-bond donors (Lipinski definition) is 1. The number of hydrogen-bond acceptors (Lipinski definition) is 4. The highest BCUT2D eigenvalue weighted by atomic mass is 32.1. The van der Waals surface area contributed by atoms with Crippen molar-refractivity contribution in [3.05, 3.63) is 29.3 Å². The maximum absolute atomic E-state index is 12.3. The summed E-state index contributed by atoms with van der Waals surface area (Å²) in [6, 6.07) is 8.08. The van der Waals surface area contributed by atoms with Crippen LogP contribution in [-0.4, -0.2) is 34.8 Å². The van der Waals surface area contributed by atoms with Crippen LogP contribution in [0.5, 0.6) is 0 Å². The molecule has 5 nitrogen and oxygen atoms in total. The zero-order valence-corrected chi connectivity index (χ0v) is 13.8. The van der Waals surface area contributed by atoms with E-state index in [-0.39, 0.29) is 17.7 Å². The van der Waals surface area contributed by atoms with Crippen LogP contribution in [0, 0.1) is 5.92 Å². The fourth-order valence-corrected chi connectivity index (χ4v) is 4.02. The van der Waals surface area contributed by atoms with Crippen molar-refractivity contribution in [3.8, 4) is 0 Å². The highest BCUT2D eigenvalue weighted by Gasteiger charge is 2.26. The molecular weight excluding hydrogens is 310 g/mol. The molecule has 2 N–H and O–H groups in total. The topological polar surface area (TPSA) is 76.3 Å². The minimum atomic E-state index is -0.294. The molecule has 1 aromatic carbocycles. The van der Waals surface area contributed by atoms with Gasteiger partial charge in [-0.3, -0.25) is 9.59 Å². The maximum Gasteiger partial charge on any atom is 0.222 e. The molecule has 0 bridgehead atoms. The van der Waals surface area contributed by atoms with Gasteiger partial charge in [-0.05, 0) is 37.8 Å². The van der Waals surface area contributed by atoms with Gasteiger partial charge in [0.2, 0.25) is 11.8 Å². The van der Waals surface area contributed by atoms with Crippen molar-refractivity contribution in [1.82, 2.24) is 9.88 Å². The number of amides is 2. The second kappa shape index (κ2) is 7.08. The average molecular weight is 331 g/mol. The van der Waals surface area contributed by atoms with Crippen LogP contribution >= 0.6 is 11.3 Å². The van der Waals surface area contributed by atoms with E-state index in [9.17, 15) is 9.59 Å². The monoisotopic (exact) mass is 331 g/mol. The summed E-state index contributed by atoms with van der Waals surface area (Å²) in [4.78, 5) is 29.9. The number of fused-ring (bicyclic) bond motifs is 1. The number of para-hydroxylation sites is 1. The Balaban J connectivity index is 1.50. The predicted molar refractivity (Wildman–Crippen MR) is 91.1 cm³/mol. The summed E-state index contributed by atoms with van der Waals surface area (Å²) in [6.45, 7) is 1.22. The Bertz CT molecular complexity index is 680. The molecule has 1 fully saturated rings. The van der Waals surface area contributed by atoms with Crippen molar-refractivity contribution in [2.24, 2.45) is 11.7 Å². The van der Waals surface area contributed by atoms with Gasteiger partial charge in [0, 0.05) is 19.5 Å². The van der Waals surface area contributed by atoms with Crippen LogP contribution in [0.15, 0.2) is 24.3 Å². The molecular formula is C17H21N3O2S. The number of likely N-dealkylation sites (tertiary alicyclic amines) is 1. The number of nitrogens with zero attached hydrogens (tertiary/aromatic N) is 2. The third kappa shape index (κ3) is 3.88. The number of carbonyl (C=O) groups excluding carboxylic acids is 2. The smallest absolute Gasteiger partial charge is 0.222 e. The maximum atomic E-state index is 12.3. The Labute approximate surface area is 139 Å². The molecule has 1 aromatic heterocycles. The van der Waals surface area contributed by atoms with E-state index in [4.69, 9.17) is 5.73 Å². The molecule has 23 heavy (non-hydrogen) atoms. The lowest BCUT2D eigenvalue weighted by Gasteiger charge is -2.31. The molecule has 0 spiro atoms. The Kier molecular flexibility index (Phi) is 4.91. The molecule has 1 saturated heterocycles. The summed E-state index contributed by atoms with van der Waals surface area (Å²) in [5.74, 6) is -0.356. The SMILES string of the molecule is NC(=O)C1CCCN(C(=O)CCCc2nc3ccccc3s2)C1. The zero-order valence-electron chi connectivity index (χ0n) is 13.0. The minimum absolute atomic E-state index is 0.122. The molecule has 0 saturated carbocycles. The van der Waals surface area contributed by atoms with Crippen LogP contribution in [0.4, 0.5) is 0 Å². The third-order valence-corrected chi connectivity index (χ3v) is 5.39. The molecule has 6 heteroatoms. The first-order chi connectivity index (χ1) is 11.1. The van der Waals surface area contributed by atoms with E-state index in [2.05, 4.69) is 11.1 Å². The molecule has 0 aliphatic carbocycles. The van der Waals surface area contributed by atoms with Crippen molar-refractivity contribution in [2.45, 2.75) is 32.1 Å². The molecule has 3 rings (SSSR count). The molecule has 1 aliphatic rings. The number of benzene rings is 1. The zero-order chi connectivity index (χ0) is 16.2. The lowest BCUT2D eigenvalue weighted by molar-refractivity contribution is -0.135. The van der Waals surface area contributed by atoms with E-state index < -0.39 is 0 Å². The highest BCUT2D eigenvalue weighted by molar-refractivity contribution is 7.18. The minimum Gasteiger partial charge on any atom is -0.369 e. The Morgan fingerprint density at radius 3 is 2.96 bits per heavy atom. The van der Waals surface area contributed by atoms with E-state index in [1.54, 1.807) is 16.2 Å². The first-order valence-corrected chi connectivity index (χ1v) is 8.86. The first kappa shape index (κ1) is 15.9. The number of nitrogens with two attached hydrogens (primary N) is 1. The van der Waals surface area contributed by atoms with Gasteiger partial charge in [0.15, 0.2) is 0 Å². The van der Waals surface area contributed by atoms with Gasteiger partial charge in [-0.15, -0.1) is 11.3 Å². The summed E-state index contributed by atoms with van der Waals surface area (Å²) in [5.41, 5.74) is 6.39. The van der Waals surface area contributed by atoms with E-state index in [1.807, 2.05) is 18.2 Å². The van der Waals surface area contributed by atoms with Crippen molar-refractivity contribution >= 4 is 33.4 Å². The van der Waals surface area contributed by atoms with Gasteiger partial charge in [-0.1, -0.05) is 12.1 Å². The largest absolute Gasteiger partial charge is 0.369 e. The van der Waals surface area contributed by atoms with Gasteiger partial charge in [0.1, 0.15) is 0 Å². The average Bonchev–Trinajstić information content (AvgIpc) is 2.97. The van der Waals surface area contributed by atoms with Gasteiger partial charge < -0.3 is 10.6 Å². The van der Waals surface area contributed by atoms with Crippen molar-refractivity contribution in [2.75, 3.05) is 13.1 Å². The van der Waals surface area contributed by atoms with Crippen molar-refractivity contribution in [3.63, 3.8) is 0 Å². The number of aromatic nitrogens is 1. The molecule has 0 radical (unpaired) electrons. The quantitative estimate of drug-likeness (QED) is 0.913. The van der Waals surface area contributed by atoms with Gasteiger partial charge in [-0.25, -0.2) is 4.98 Å². The van der Waals surface area contributed by atoms with Gasteiger partial charge in [0.25, 0.3) is 0 Å². The van der Waals surface area contributed by atoms with E-state index in [1.165, 1.54) is 4.70 Å². The molecule has 2 amide bonds. The summed E-state index contributed by atoms with van der Waals surface area (Å²) < 4.78 is 1.19. The number of rotatable bonds is 5. The molecule has 2 heterocycles. The predicted octanol–water partition coefficient (Wildman–Crippen LogP) is 2.34.